The second kappa shape index (κ2) is 5.72. The molecule has 1 heterocycles. The molecular formula is C16H22ClNO. The van der Waals surface area contributed by atoms with Gasteiger partial charge in [0, 0.05) is 11.4 Å². The molecule has 1 unspecified atom stereocenters. The van der Waals surface area contributed by atoms with Crippen molar-refractivity contribution in [1.82, 2.24) is 0 Å². The van der Waals surface area contributed by atoms with Gasteiger partial charge in [-0.3, -0.25) is 0 Å². The van der Waals surface area contributed by atoms with E-state index >= 15 is 0 Å². The Morgan fingerprint density at radius 3 is 2.84 bits per heavy atom. The highest BCUT2D eigenvalue weighted by molar-refractivity contribution is 6.30. The van der Waals surface area contributed by atoms with Gasteiger partial charge in [-0.05, 0) is 48.1 Å². The van der Waals surface area contributed by atoms with Crippen LogP contribution in [0.25, 0.3) is 0 Å². The van der Waals surface area contributed by atoms with Crippen LogP contribution in [0.1, 0.15) is 36.8 Å². The Kier molecular flexibility index (Phi) is 3.99. The smallest absolute Gasteiger partial charge is 0.125 e. The van der Waals surface area contributed by atoms with E-state index in [0.717, 1.165) is 42.7 Å². The Bertz CT molecular complexity index is 454. The molecule has 1 fully saturated rings. The third-order valence-electron chi connectivity index (χ3n) is 4.68. The van der Waals surface area contributed by atoms with Crippen molar-refractivity contribution in [2.75, 3.05) is 13.2 Å². The SMILES string of the molecule is NCC(Cc1cc(Cl)cc2c1OCC2)C1CCCC1. The summed E-state index contributed by atoms with van der Waals surface area (Å²) in [6.07, 6.45) is 7.41. The van der Waals surface area contributed by atoms with Crippen LogP contribution >= 0.6 is 11.6 Å². The van der Waals surface area contributed by atoms with Crippen LogP contribution < -0.4 is 10.5 Å². The van der Waals surface area contributed by atoms with Crippen LogP contribution in [0.2, 0.25) is 5.02 Å². The lowest BCUT2D eigenvalue weighted by molar-refractivity contribution is 0.328. The van der Waals surface area contributed by atoms with Crippen LogP contribution in [0.3, 0.4) is 0 Å². The molecule has 0 aromatic heterocycles. The van der Waals surface area contributed by atoms with E-state index in [1.807, 2.05) is 6.07 Å². The fraction of sp³-hybridized carbons (Fsp3) is 0.625. The van der Waals surface area contributed by atoms with E-state index in [1.165, 1.54) is 36.8 Å². The monoisotopic (exact) mass is 279 g/mol. The third kappa shape index (κ3) is 2.75. The van der Waals surface area contributed by atoms with Gasteiger partial charge in [0.25, 0.3) is 0 Å². The van der Waals surface area contributed by atoms with E-state index < -0.39 is 0 Å². The van der Waals surface area contributed by atoms with Crippen molar-refractivity contribution in [2.45, 2.75) is 38.5 Å². The fourth-order valence-electron chi connectivity index (χ4n) is 3.65. The zero-order chi connectivity index (χ0) is 13.2. The largest absolute Gasteiger partial charge is 0.493 e. The van der Waals surface area contributed by atoms with E-state index in [-0.39, 0.29) is 0 Å². The first-order valence-corrected chi connectivity index (χ1v) is 7.80. The lowest BCUT2D eigenvalue weighted by Gasteiger charge is -2.23. The van der Waals surface area contributed by atoms with Gasteiger partial charge in [-0.1, -0.05) is 37.3 Å². The summed E-state index contributed by atoms with van der Waals surface area (Å²) in [6.45, 7) is 1.56. The molecule has 2 nitrogen and oxygen atoms in total. The van der Waals surface area contributed by atoms with Gasteiger partial charge in [0.05, 0.1) is 6.61 Å². The van der Waals surface area contributed by atoms with Gasteiger partial charge in [-0.15, -0.1) is 0 Å². The highest BCUT2D eigenvalue weighted by Gasteiger charge is 2.26. The second-order valence-electron chi connectivity index (χ2n) is 5.90. The minimum absolute atomic E-state index is 0.578. The van der Waals surface area contributed by atoms with Crippen molar-refractivity contribution in [3.63, 3.8) is 0 Å². The first-order valence-electron chi connectivity index (χ1n) is 7.42. The minimum atomic E-state index is 0.578. The lowest BCUT2D eigenvalue weighted by atomic mass is 9.85. The van der Waals surface area contributed by atoms with E-state index in [1.54, 1.807) is 0 Å². The summed E-state index contributed by atoms with van der Waals surface area (Å²) >= 11 is 6.23. The Labute approximate surface area is 120 Å². The summed E-state index contributed by atoms with van der Waals surface area (Å²) in [6, 6.07) is 4.11. The summed E-state index contributed by atoms with van der Waals surface area (Å²) in [5, 5.41) is 0.835. The number of ether oxygens (including phenoxy) is 1. The maximum atomic E-state index is 6.23. The predicted octanol–water partition coefficient (Wildman–Crippen LogP) is 3.58. The summed E-state index contributed by atoms with van der Waals surface area (Å²) in [5.41, 5.74) is 8.54. The molecule has 2 N–H and O–H groups in total. The molecule has 0 spiro atoms. The summed E-state index contributed by atoms with van der Waals surface area (Å²) in [5.74, 6) is 2.45. The normalized spacial score (nSPS) is 20.3. The minimum Gasteiger partial charge on any atom is -0.493 e. The molecule has 1 aliphatic heterocycles. The second-order valence-corrected chi connectivity index (χ2v) is 6.33. The number of nitrogens with two attached hydrogens (primary N) is 1. The number of benzene rings is 1. The molecule has 1 aliphatic carbocycles. The lowest BCUT2D eigenvalue weighted by Crippen LogP contribution is -2.24. The van der Waals surface area contributed by atoms with Gasteiger partial charge < -0.3 is 10.5 Å². The van der Waals surface area contributed by atoms with Crippen molar-refractivity contribution in [1.29, 1.82) is 0 Å². The Morgan fingerprint density at radius 1 is 1.32 bits per heavy atom. The van der Waals surface area contributed by atoms with Gasteiger partial charge in [0.15, 0.2) is 0 Å². The van der Waals surface area contributed by atoms with Crippen LogP contribution in [0.5, 0.6) is 5.75 Å². The van der Waals surface area contributed by atoms with Crippen molar-refractivity contribution in [3.8, 4) is 5.75 Å². The average molecular weight is 280 g/mol. The molecule has 1 atom stereocenters. The van der Waals surface area contributed by atoms with Gasteiger partial charge >= 0.3 is 0 Å². The third-order valence-corrected chi connectivity index (χ3v) is 4.89. The van der Waals surface area contributed by atoms with Crippen LogP contribution in [0, 0.1) is 11.8 Å². The van der Waals surface area contributed by atoms with Crippen molar-refractivity contribution < 1.29 is 4.74 Å². The standard InChI is InChI=1S/C16H22ClNO/c17-15-8-12-5-6-19-16(12)13(9-15)7-14(10-18)11-3-1-2-4-11/h8-9,11,14H,1-7,10,18H2. The Balaban J connectivity index is 1.81. The molecule has 3 rings (SSSR count). The molecule has 0 saturated heterocycles. The van der Waals surface area contributed by atoms with E-state index in [4.69, 9.17) is 22.1 Å². The zero-order valence-electron chi connectivity index (χ0n) is 11.3. The van der Waals surface area contributed by atoms with Crippen LogP contribution in [0.15, 0.2) is 12.1 Å². The Hall–Kier alpha value is -0.730. The van der Waals surface area contributed by atoms with E-state index in [2.05, 4.69) is 6.07 Å². The molecule has 19 heavy (non-hydrogen) atoms. The van der Waals surface area contributed by atoms with Gasteiger partial charge in [-0.25, -0.2) is 0 Å². The van der Waals surface area contributed by atoms with Gasteiger partial charge in [0.1, 0.15) is 5.75 Å². The number of fused-ring (bicyclic) bond motifs is 1. The predicted molar refractivity (Wildman–Crippen MR) is 78.9 cm³/mol. The fourth-order valence-corrected chi connectivity index (χ4v) is 3.91. The Morgan fingerprint density at radius 2 is 2.11 bits per heavy atom. The molecule has 0 bridgehead atoms. The van der Waals surface area contributed by atoms with E-state index in [9.17, 15) is 0 Å². The molecule has 104 valence electrons. The molecule has 1 aromatic rings. The van der Waals surface area contributed by atoms with Crippen LogP contribution in [-0.2, 0) is 12.8 Å². The maximum absolute atomic E-state index is 6.23. The molecule has 1 saturated carbocycles. The first kappa shape index (κ1) is 13.3. The number of rotatable bonds is 4. The van der Waals surface area contributed by atoms with Crippen molar-refractivity contribution >= 4 is 11.6 Å². The van der Waals surface area contributed by atoms with Crippen LogP contribution in [-0.4, -0.2) is 13.2 Å². The van der Waals surface area contributed by atoms with Gasteiger partial charge in [0.2, 0.25) is 0 Å². The molecule has 0 radical (unpaired) electrons. The number of hydrogen-bond donors (Lipinski definition) is 1. The summed E-state index contributed by atoms with van der Waals surface area (Å²) in [7, 11) is 0. The first-order chi connectivity index (χ1) is 9.28. The molecule has 2 aliphatic rings. The number of halogens is 1. The molecule has 3 heteroatoms. The maximum Gasteiger partial charge on any atom is 0.125 e. The zero-order valence-corrected chi connectivity index (χ0v) is 12.1. The van der Waals surface area contributed by atoms with Gasteiger partial charge in [-0.2, -0.15) is 0 Å². The highest BCUT2D eigenvalue weighted by atomic mass is 35.5. The highest BCUT2D eigenvalue weighted by Crippen LogP contribution is 2.38. The molecular weight excluding hydrogens is 258 g/mol. The number of hydrogen-bond acceptors (Lipinski definition) is 2. The van der Waals surface area contributed by atoms with E-state index in [0.29, 0.717) is 5.92 Å². The quantitative estimate of drug-likeness (QED) is 0.914. The van der Waals surface area contributed by atoms with Crippen molar-refractivity contribution in [3.05, 3.63) is 28.3 Å². The molecule has 1 aromatic carbocycles. The van der Waals surface area contributed by atoms with Crippen LogP contribution in [0.4, 0.5) is 0 Å². The van der Waals surface area contributed by atoms with Crippen molar-refractivity contribution in [2.24, 2.45) is 17.6 Å². The summed E-state index contributed by atoms with van der Waals surface area (Å²) < 4.78 is 5.79. The average Bonchev–Trinajstić information content (AvgIpc) is 3.05. The topological polar surface area (TPSA) is 35.2 Å². The summed E-state index contributed by atoms with van der Waals surface area (Å²) in [4.78, 5) is 0. The molecule has 0 amide bonds.